The SMILES string of the molecule is CC(C)=CC(=O)O[C@@H]1CC(C)(C)C[C@H]2C3=CC[C@@H]4[C@@]5(C)CCC(=O)C(C)(C)[C@H]5CC[C@@]4(C)[C@]3(C)CC[C@@]12C(=O)O. The third-order valence-corrected chi connectivity index (χ3v) is 13.4. The van der Waals surface area contributed by atoms with Crippen LogP contribution in [0.3, 0.4) is 0 Å². The number of ether oxygens (including phenoxy) is 1. The molecule has 1 N–H and O–H groups in total. The van der Waals surface area contributed by atoms with Crippen LogP contribution in [-0.4, -0.2) is 28.9 Å². The molecule has 5 aliphatic rings. The molecule has 0 aromatic heterocycles. The van der Waals surface area contributed by atoms with Crippen molar-refractivity contribution < 1.29 is 24.2 Å². The van der Waals surface area contributed by atoms with Crippen LogP contribution in [0.1, 0.15) is 120 Å². The number of carboxylic acid groups (broad SMARTS) is 1. The van der Waals surface area contributed by atoms with Crippen LogP contribution >= 0.6 is 0 Å². The Morgan fingerprint density at radius 1 is 0.950 bits per heavy atom. The van der Waals surface area contributed by atoms with Gasteiger partial charge in [-0.15, -0.1) is 0 Å². The van der Waals surface area contributed by atoms with Crippen molar-refractivity contribution in [3.05, 3.63) is 23.3 Å². The van der Waals surface area contributed by atoms with E-state index in [2.05, 4.69) is 54.5 Å². The summed E-state index contributed by atoms with van der Waals surface area (Å²) in [4.78, 5) is 39.2. The molecule has 0 aromatic carbocycles. The summed E-state index contributed by atoms with van der Waals surface area (Å²) in [6.45, 7) is 19.8. The predicted octanol–water partition coefficient (Wildman–Crippen LogP) is 7.93. The minimum absolute atomic E-state index is 0.0271. The second-order valence-electron chi connectivity index (χ2n) is 16.6. The molecule has 8 atom stereocenters. The minimum atomic E-state index is -1.10. The van der Waals surface area contributed by atoms with E-state index in [9.17, 15) is 19.5 Å². The first-order valence-corrected chi connectivity index (χ1v) is 15.7. The molecule has 40 heavy (non-hydrogen) atoms. The highest BCUT2D eigenvalue weighted by atomic mass is 16.5. The van der Waals surface area contributed by atoms with Gasteiger partial charge in [0, 0.05) is 23.8 Å². The van der Waals surface area contributed by atoms with E-state index >= 15 is 0 Å². The summed E-state index contributed by atoms with van der Waals surface area (Å²) in [5.74, 6) is -0.155. The van der Waals surface area contributed by atoms with Gasteiger partial charge in [-0.25, -0.2) is 4.79 Å². The number of carbonyl (C=O) groups is 3. The Balaban J connectivity index is 1.60. The summed E-state index contributed by atoms with van der Waals surface area (Å²) < 4.78 is 6.08. The van der Waals surface area contributed by atoms with E-state index in [1.807, 2.05) is 13.8 Å². The molecule has 0 spiro atoms. The van der Waals surface area contributed by atoms with E-state index in [4.69, 9.17) is 4.74 Å². The molecular formula is C35H52O5. The first kappa shape index (κ1) is 29.6. The van der Waals surface area contributed by atoms with Gasteiger partial charge in [-0.3, -0.25) is 9.59 Å². The summed E-state index contributed by atoms with van der Waals surface area (Å²) >= 11 is 0. The highest BCUT2D eigenvalue weighted by Crippen LogP contribution is 2.75. The summed E-state index contributed by atoms with van der Waals surface area (Å²) in [6.07, 6.45) is 10.6. The summed E-state index contributed by atoms with van der Waals surface area (Å²) in [5.41, 5.74) is 0.612. The summed E-state index contributed by atoms with van der Waals surface area (Å²) in [7, 11) is 0. The van der Waals surface area contributed by atoms with Gasteiger partial charge in [0.25, 0.3) is 0 Å². The number of esters is 1. The zero-order valence-corrected chi connectivity index (χ0v) is 26.4. The van der Waals surface area contributed by atoms with E-state index in [1.54, 1.807) is 0 Å². The van der Waals surface area contributed by atoms with Gasteiger partial charge in [0.15, 0.2) is 0 Å². The van der Waals surface area contributed by atoms with E-state index < -0.39 is 23.5 Å². The zero-order chi connectivity index (χ0) is 29.7. The number of carbonyl (C=O) groups excluding carboxylic acids is 2. The molecule has 0 aliphatic heterocycles. The highest BCUT2D eigenvalue weighted by molar-refractivity contribution is 5.86. The van der Waals surface area contributed by atoms with Gasteiger partial charge < -0.3 is 9.84 Å². The maximum atomic E-state index is 13.4. The fourth-order valence-corrected chi connectivity index (χ4v) is 11.2. The molecule has 5 rings (SSSR count). The minimum Gasteiger partial charge on any atom is -0.481 e. The molecule has 0 unspecified atom stereocenters. The number of rotatable bonds is 3. The third kappa shape index (κ3) is 3.87. The average molecular weight is 553 g/mol. The highest BCUT2D eigenvalue weighted by Gasteiger charge is 2.71. The first-order chi connectivity index (χ1) is 18.3. The molecule has 0 aromatic rings. The molecule has 0 amide bonds. The number of carboxylic acids is 1. The average Bonchev–Trinajstić information content (AvgIpc) is 2.81. The van der Waals surface area contributed by atoms with Crippen molar-refractivity contribution in [3.8, 4) is 0 Å². The first-order valence-electron chi connectivity index (χ1n) is 15.7. The molecular weight excluding hydrogens is 500 g/mol. The summed E-state index contributed by atoms with van der Waals surface area (Å²) in [6, 6.07) is 0. The Morgan fingerprint density at radius 3 is 2.25 bits per heavy atom. The van der Waals surface area contributed by atoms with Crippen molar-refractivity contribution in [2.45, 2.75) is 126 Å². The fourth-order valence-electron chi connectivity index (χ4n) is 11.2. The van der Waals surface area contributed by atoms with Crippen molar-refractivity contribution in [1.29, 1.82) is 0 Å². The fraction of sp³-hybridized carbons (Fsp3) is 0.800. The molecule has 0 heterocycles. The lowest BCUT2D eigenvalue weighted by atomic mass is 9.33. The van der Waals surface area contributed by atoms with Crippen LogP contribution in [-0.2, 0) is 19.1 Å². The van der Waals surface area contributed by atoms with Crippen molar-refractivity contribution in [1.82, 2.24) is 0 Å². The van der Waals surface area contributed by atoms with Gasteiger partial charge in [0.1, 0.15) is 17.3 Å². The number of hydrogen-bond acceptors (Lipinski definition) is 4. The normalized spacial score (nSPS) is 45.0. The molecule has 222 valence electrons. The molecule has 5 nitrogen and oxygen atoms in total. The molecule has 0 radical (unpaired) electrons. The van der Waals surface area contributed by atoms with Crippen molar-refractivity contribution in [3.63, 3.8) is 0 Å². The lowest BCUT2D eigenvalue weighted by Crippen LogP contribution is -2.66. The van der Waals surface area contributed by atoms with Crippen LogP contribution in [0, 0.1) is 50.2 Å². The van der Waals surface area contributed by atoms with Gasteiger partial charge in [-0.2, -0.15) is 0 Å². The smallest absolute Gasteiger partial charge is 0.330 e. The van der Waals surface area contributed by atoms with Crippen LogP contribution in [0.15, 0.2) is 23.3 Å². The molecule has 0 bridgehead atoms. The van der Waals surface area contributed by atoms with E-state index in [-0.39, 0.29) is 33.0 Å². The van der Waals surface area contributed by atoms with Crippen LogP contribution in [0.2, 0.25) is 0 Å². The number of hydrogen-bond donors (Lipinski definition) is 1. The van der Waals surface area contributed by atoms with E-state index in [0.717, 1.165) is 44.1 Å². The van der Waals surface area contributed by atoms with E-state index in [1.165, 1.54) is 11.6 Å². The lowest BCUT2D eigenvalue weighted by molar-refractivity contribution is -0.205. The summed E-state index contributed by atoms with van der Waals surface area (Å²) in [5, 5.41) is 10.9. The van der Waals surface area contributed by atoms with Crippen molar-refractivity contribution in [2.24, 2.45) is 50.2 Å². The Hall–Kier alpha value is -1.91. The number of allylic oxidation sites excluding steroid dienone is 3. The Morgan fingerprint density at radius 2 is 1.62 bits per heavy atom. The maximum Gasteiger partial charge on any atom is 0.330 e. The zero-order valence-electron chi connectivity index (χ0n) is 26.4. The van der Waals surface area contributed by atoms with Crippen LogP contribution in [0.25, 0.3) is 0 Å². The third-order valence-electron chi connectivity index (χ3n) is 13.4. The molecule has 4 fully saturated rings. The van der Waals surface area contributed by atoms with Crippen LogP contribution in [0.5, 0.6) is 0 Å². The van der Waals surface area contributed by atoms with Crippen LogP contribution < -0.4 is 0 Å². The molecule has 4 saturated carbocycles. The Bertz CT molecular complexity index is 1190. The van der Waals surface area contributed by atoms with Gasteiger partial charge in [0.2, 0.25) is 0 Å². The second-order valence-corrected chi connectivity index (χ2v) is 16.6. The van der Waals surface area contributed by atoms with Crippen molar-refractivity contribution >= 4 is 17.7 Å². The monoisotopic (exact) mass is 552 g/mol. The second kappa shape index (κ2) is 9.04. The Labute approximate surface area is 241 Å². The molecule has 0 saturated heterocycles. The topological polar surface area (TPSA) is 80.7 Å². The Kier molecular flexibility index (Phi) is 6.69. The number of Topliss-reactive ketones (excluding diaryl/α,β-unsaturated/α-hetero) is 1. The maximum absolute atomic E-state index is 13.4. The number of fused-ring (bicyclic) bond motifs is 7. The lowest BCUT2D eigenvalue weighted by Gasteiger charge is -2.70. The quantitative estimate of drug-likeness (QED) is 0.218. The van der Waals surface area contributed by atoms with Crippen LogP contribution in [0.4, 0.5) is 0 Å². The van der Waals surface area contributed by atoms with Gasteiger partial charge >= 0.3 is 11.9 Å². The molecule has 5 aliphatic carbocycles. The number of aliphatic carboxylic acids is 1. The molecule has 5 heteroatoms. The van der Waals surface area contributed by atoms with Gasteiger partial charge in [-0.05, 0) is 98.7 Å². The van der Waals surface area contributed by atoms with E-state index in [0.29, 0.717) is 36.9 Å². The standard InChI is InChI=1S/C35H52O5/c1-21(2)18-28(37)40-27-20-30(3,4)19-23-22-10-11-25-32(7)14-13-26(36)31(5,6)24(32)12-15-34(25,9)33(22,8)16-17-35(23,27)29(38)39/h10,18,23-25,27H,11-17,19-20H2,1-9H3,(H,38,39)/t23-,24+,25+,27+,32-,33+,34+,35-/m0/s1. The van der Waals surface area contributed by atoms with Crippen molar-refractivity contribution in [2.75, 3.05) is 0 Å². The van der Waals surface area contributed by atoms with Gasteiger partial charge in [-0.1, -0.05) is 65.7 Å². The largest absolute Gasteiger partial charge is 0.481 e. The predicted molar refractivity (Wildman–Crippen MR) is 156 cm³/mol. The van der Waals surface area contributed by atoms with Gasteiger partial charge in [0.05, 0.1) is 0 Å². The number of ketones is 1.